The normalized spacial score (nSPS) is 36.3. The Kier molecular flexibility index (Phi) is 3.64. The van der Waals surface area contributed by atoms with Gasteiger partial charge < -0.3 is 9.47 Å². The van der Waals surface area contributed by atoms with Gasteiger partial charge in [0.05, 0.1) is 20.1 Å². The molecule has 23 heavy (non-hydrogen) atoms. The molecule has 1 aromatic rings. The first kappa shape index (κ1) is 14.8. The maximum atomic E-state index is 12.3. The van der Waals surface area contributed by atoms with Gasteiger partial charge in [-0.25, -0.2) is 0 Å². The fourth-order valence-corrected chi connectivity index (χ4v) is 4.79. The number of carbonyl (C=O) groups is 1. The van der Waals surface area contributed by atoms with Gasteiger partial charge in [-0.1, -0.05) is 23.8 Å². The van der Waals surface area contributed by atoms with Gasteiger partial charge in [0.25, 0.3) is 0 Å². The number of nitrogens with zero attached hydrogens (tertiary/aromatic N) is 1. The highest BCUT2D eigenvalue weighted by Gasteiger charge is 2.55. The first-order valence-corrected chi connectivity index (χ1v) is 8.39. The van der Waals surface area contributed by atoms with E-state index in [4.69, 9.17) is 9.47 Å². The van der Waals surface area contributed by atoms with Gasteiger partial charge in [0, 0.05) is 18.6 Å². The summed E-state index contributed by atoms with van der Waals surface area (Å²) in [5, 5.41) is 0. The van der Waals surface area contributed by atoms with E-state index in [2.05, 4.69) is 23.1 Å². The van der Waals surface area contributed by atoms with E-state index in [1.807, 2.05) is 12.1 Å². The van der Waals surface area contributed by atoms with Crippen molar-refractivity contribution in [3.63, 3.8) is 0 Å². The number of methoxy groups -OCH3 is 2. The molecule has 4 nitrogen and oxygen atoms in total. The third kappa shape index (κ3) is 2.36. The Hall–Kier alpha value is -1.81. The number of piperidine rings is 3. The summed E-state index contributed by atoms with van der Waals surface area (Å²) in [5.74, 6) is 1.18. The number of ether oxygens (including phenoxy) is 2. The van der Waals surface area contributed by atoms with E-state index in [9.17, 15) is 4.79 Å². The van der Waals surface area contributed by atoms with E-state index in [1.54, 1.807) is 7.11 Å². The van der Waals surface area contributed by atoms with Gasteiger partial charge in [-0.05, 0) is 42.9 Å². The molecule has 4 heterocycles. The van der Waals surface area contributed by atoms with Crippen LogP contribution in [0.5, 0.6) is 5.75 Å². The molecule has 0 radical (unpaired) electrons. The van der Waals surface area contributed by atoms with Gasteiger partial charge >= 0.3 is 5.97 Å². The van der Waals surface area contributed by atoms with Crippen LogP contribution in [0.15, 0.2) is 29.8 Å². The first-order chi connectivity index (χ1) is 11.2. The van der Waals surface area contributed by atoms with E-state index in [1.165, 1.54) is 24.7 Å². The first-order valence-electron chi connectivity index (χ1n) is 8.39. The number of rotatable bonds is 3. The van der Waals surface area contributed by atoms with E-state index in [0.717, 1.165) is 25.1 Å². The molecule has 5 rings (SSSR count). The molecular formula is C19H23NO3. The van der Waals surface area contributed by atoms with Crippen LogP contribution >= 0.6 is 0 Å². The van der Waals surface area contributed by atoms with Crippen molar-refractivity contribution in [1.82, 2.24) is 4.90 Å². The van der Waals surface area contributed by atoms with Crippen molar-refractivity contribution in [3.8, 4) is 5.75 Å². The highest BCUT2D eigenvalue weighted by molar-refractivity contribution is 5.75. The summed E-state index contributed by atoms with van der Waals surface area (Å²) in [6, 6.07) is 9.17. The summed E-state index contributed by atoms with van der Waals surface area (Å²) in [5.41, 5.74) is 2.55. The lowest BCUT2D eigenvalue weighted by molar-refractivity contribution is -0.153. The van der Waals surface area contributed by atoms with Gasteiger partial charge in [-0.2, -0.15) is 0 Å². The van der Waals surface area contributed by atoms with Crippen LogP contribution in [0.4, 0.5) is 0 Å². The fraction of sp³-hybridized carbons (Fsp3) is 0.526. The number of carbonyl (C=O) groups excluding carboxylic acids is 1. The van der Waals surface area contributed by atoms with Gasteiger partial charge in [-0.15, -0.1) is 0 Å². The third-order valence-corrected chi connectivity index (χ3v) is 5.85. The van der Waals surface area contributed by atoms with Crippen LogP contribution in [0.3, 0.4) is 0 Å². The SMILES string of the molecule is COC(=O)[C@@H]1[C@@H]2C[C@@H]3CC[C@H]1N3C/C2=C\c1ccc(OC)cc1. The van der Waals surface area contributed by atoms with Crippen LogP contribution < -0.4 is 4.74 Å². The second-order valence-electron chi connectivity index (χ2n) is 6.85. The Balaban J connectivity index is 1.65. The standard InChI is InChI=1S/C19H23NO3/c1-22-15-6-3-12(4-7-15)9-13-11-20-14-5-8-17(20)18(16(13)10-14)19(21)23-2/h3-4,6-7,9,14,16-18H,5,8,10-11H2,1-2H3/b13-9+/t14-,16+,17+,18+/m0/s1. The highest BCUT2D eigenvalue weighted by atomic mass is 16.5. The summed E-state index contributed by atoms with van der Waals surface area (Å²) in [7, 11) is 3.19. The Morgan fingerprint density at radius 1 is 1.22 bits per heavy atom. The minimum atomic E-state index is -0.0364. The van der Waals surface area contributed by atoms with E-state index in [-0.39, 0.29) is 11.9 Å². The van der Waals surface area contributed by atoms with E-state index >= 15 is 0 Å². The topological polar surface area (TPSA) is 38.8 Å². The average Bonchev–Trinajstić information content (AvgIpc) is 2.90. The predicted molar refractivity (Wildman–Crippen MR) is 88.1 cm³/mol. The Morgan fingerprint density at radius 2 is 2.00 bits per heavy atom. The van der Waals surface area contributed by atoms with Crippen LogP contribution in [0, 0.1) is 11.8 Å². The molecule has 4 saturated heterocycles. The lowest BCUT2D eigenvalue weighted by Crippen LogP contribution is -2.58. The smallest absolute Gasteiger partial charge is 0.310 e. The minimum absolute atomic E-state index is 0.0111. The van der Waals surface area contributed by atoms with Gasteiger partial charge in [0.1, 0.15) is 5.75 Å². The maximum absolute atomic E-state index is 12.3. The minimum Gasteiger partial charge on any atom is -0.497 e. The lowest BCUT2D eigenvalue weighted by Gasteiger charge is -2.50. The predicted octanol–water partition coefficient (Wildman–Crippen LogP) is 2.73. The molecule has 5 atom stereocenters. The molecule has 4 fully saturated rings. The Morgan fingerprint density at radius 3 is 2.70 bits per heavy atom. The number of fused-ring (bicyclic) bond motifs is 1. The Labute approximate surface area is 137 Å². The van der Waals surface area contributed by atoms with Gasteiger partial charge in [0.2, 0.25) is 0 Å². The highest BCUT2D eigenvalue weighted by Crippen LogP contribution is 2.50. The summed E-state index contributed by atoms with van der Waals surface area (Å²) in [4.78, 5) is 14.9. The quantitative estimate of drug-likeness (QED) is 0.804. The number of hydrogen-bond donors (Lipinski definition) is 0. The Bertz CT molecular complexity index is 637. The van der Waals surface area contributed by atoms with E-state index < -0.39 is 0 Å². The van der Waals surface area contributed by atoms with Gasteiger partial charge in [0.15, 0.2) is 0 Å². The zero-order valence-corrected chi connectivity index (χ0v) is 13.7. The molecule has 0 amide bonds. The largest absolute Gasteiger partial charge is 0.497 e. The lowest BCUT2D eigenvalue weighted by atomic mass is 9.71. The molecule has 0 saturated carbocycles. The van der Waals surface area contributed by atoms with Crippen LogP contribution in [-0.2, 0) is 9.53 Å². The molecule has 4 heteroatoms. The molecule has 4 bridgehead atoms. The zero-order valence-electron chi connectivity index (χ0n) is 13.7. The van der Waals surface area contributed by atoms with Crippen LogP contribution in [0.1, 0.15) is 24.8 Å². The molecule has 0 aliphatic carbocycles. The molecule has 1 unspecified atom stereocenters. The second-order valence-corrected chi connectivity index (χ2v) is 6.85. The second kappa shape index (κ2) is 5.68. The maximum Gasteiger partial charge on any atom is 0.310 e. The molecule has 4 aliphatic heterocycles. The molecule has 122 valence electrons. The van der Waals surface area contributed by atoms with Crippen LogP contribution in [-0.4, -0.2) is 43.7 Å². The summed E-state index contributed by atoms with van der Waals surface area (Å²) < 4.78 is 10.3. The zero-order chi connectivity index (χ0) is 16.0. The summed E-state index contributed by atoms with van der Waals surface area (Å²) >= 11 is 0. The van der Waals surface area contributed by atoms with Crippen LogP contribution in [0.2, 0.25) is 0 Å². The number of hydrogen-bond acceptors (Lipinski definition) is 4. The fourth-order valence-electron chi connectivity index (χ4n) is 4.79. The molecule has 0 spiro atoms. The van der Waals surface area contributed by atoms with Crippen molar-refractivity contribution >= 4 is 12.0 Å². The third-order valence-electron chi connectivity index (χ3n) is 5.85. The van der Waals surface area contributed by atoms with Crippen molar-refractivity contribution in [2.45, 2.75) is 31.3 Å². The average molecular weight is 313 g/mol. The monoisotopic (exact) mass is 313 g/mol. The van der Waals surface area contributed by atoms with Crippen molar-refractivity contribution in [2.75, 3.05) is 20.8 Å². The van der Waals surface area contributed by atoms with Crippen molar-refractivity contribution < 1.29 is 14.3 Å². The molecule has 0 aromatic heterocycles. The van der Waals surface area contributed by atoms with Gasteiger partial charge in [-0.3, -0.25) is 9.69 Å². The molecule has 1 aromatic carbocycles. The molecule has 4 aliphatic rings. The van der Waals surface area contributed by atoms with Crippen molar-refractivity contribution in [3.05, 3.63) is 35.4 Å². The van der Waals surface area contributed by atoms with E-state index in [0.29, 0.717) is 18.0 Å². The summed E-state index contributed by atoms with van der Waals surface area (Å²) in [6.07, 6.45) is 5.71. The van der Waals surface area contributed by atoms with Crippen molar-refractivity contribution in [2.24, 2.45) is 11.8 Å². The summed E-state index contributed by atoms with van der Waals surface area (Å²) in [6.45, 7) is 1.000. The molecular weight excluding hydrogens is 290 g/mol. The number of esters is 1. The van der Waals surface area contributed by atoms with Crippen LogP contribution in [0.25, 0.3) is 6.08 Å². The molecule has 0 N–H and O–H groups in total. The van der Waals surface area contributed by atoms with Crippen molar-refractivity contribution in [1.29, 1.82) is 0 Å². The number of benzene rings is 1.